The van der Waals surface area contributed by atoms with Crippen molar-refractivity contribution < 1.29 is 5.11 Å². The van der Waals surface area contributed by atoms with Gasteiger partial charge in [0, 0.05) is 6.20 Å². The maximum absolute atomic E-state index is 9.21. The van der Waals surface area contributed by atoms with Crippen LogP contribution >= 0.6 is 10.0 Å². The van der Waals surface area contributed by atoms with E-state index >= 15 is 0 Å². The molecule has 1 atom stereocenters. The molecular formula is C11H13NOS. The second-order valence-corrected chi connectivity index (χ2v) is 6.40. The van der Waals surface area contributed by atoms with Crippen molar-refractivity contribution in [3.63, 3.8) is 0 Å². The summed E-state index contributed by atoms with van der Waals surface area (Å²) >= 11 is 0. The maximum Gasteiger partial charge on any atom is 0.115 e. The summed E-state index contributed by atoms with van der Waals surface area (Å²) < 4.78 is 0. The van der Waals surface area contributed by atoms with Crippen molar-refractivity contribution in [2.75, 3.05) is 5.75 Å². The largest absolute Gasteiger partial charge is 0.508 e. The Morgan fingerprint density at radius 1 is 1.29 bits per heavy atom. The molecule has 0 aromatic heterocycles. The van der Waals surface area contributed by atoms with Crippen LogP contribution in [0.25, 0.3) is 0 Å². The molecule has 3 heteroatoms. The van der Waals surface area contributed by atoms with Crippen LogP contribution in [0.1, 0.15) is 6.92 Å². The third-order valence-corrected chi connectivity index (χ3v) is 5.60. The predicted molar refractivity (Wildman–Crippen MR) is 62.1 cm³/mol. The summed E-state index contributed by atoms with van der Waals surface area (Å²) in [6, 6.07) is 7.44. The van der Waals surface area contributed by atoms with E-state index in [4.69, 9.17) is 0 Å². The molecule has 0 radical (unpaired) electrons. The van der Waals surface area contributed by atoms with Crippen molar-refractivity contribution in [2.45, 2.75) is 11.8 Å². The lowest BCUT2D eigenvalue weighted by molar-refractivity contribution is 0.475. The molecule has 1 unspecified atom stereocenters. The van der Waals surface area contributed by atoms with Crippen molar-refractivity contribution in [3.8, 4) is 5.75 Å². The molecule has 0 spiro atoms. The second kappa shape index (κ2) is 3.50. The van der Waals surface area contributed by atoms with Gasteiger partial charge in [0.25, 0.3) is 0 Å². The van der Waals surface area contributed by atoms with Crippen molar-refractivity contribution in [1.82, 2.24) is 0 Å². The topological polar surface area (TPSA) is 32.6 Å². The molecule has 14 heavy (non-hydrogen) atoms. The second-order valence-electron chi connectivity index (χ2n) is 3.17. The third-order valence-electron chi connectivity index (χ3n) is 2.39. The number of phenolic OH excluding ortho intramolecular Hbond substituents is 1. The lowest BCUT2D eigenvalue weighted by Crippen LogP contribution is -1.99. The van der Waals surface area contributed by atoms with Crippen LogP contribution in [0.2, 0.25) is 0 Å². The van der Waals surface area contributed by atoms with Gasteiger partial charge < -0.3 is 5.11 Å². The standard InChI is InChI=1S/C11H13NOS/c1-2-14(8-7-12-9-14)11-5-3-10(13)4-6-11/h3-9,13H,2H2,1H3. The zero-order chi connectivity index (χ0) is 10.0. The fourth-order valence-corrected chi connectivity index (χ4v) is 3.74. The van der Waals surface area contributed by atoms with Gasteiger partial charge in [-0.25, -0.2) is 0 Å². The number of nitrogens with zero attached hydrogens (tertiary/aromatic N) is 1. The van der Waals surface area contributed by atoms with Gasteiger partial charge in [-0.1, -0.05) is 6.92 Å². The van der Waals surface area contributed by atoms with E-state index in [1.165, 1.54) is 4.90 Å². The molecule has 0 saturated heterocycles. The molecule has 2 rings (SSSR count). The number of aliphatic imine (C=N–C) groups is 1. The molecule has 1 N–H and O–H groups in total. The summed E-state index contributed by atoms with van der Waals surface area (Å²) in [5.74, 6) is 1.39. The Balaban J connectivity index is 2.42. The highest BCUT2D eigenvalue weighted by molar-refractivity contribution is 8.46. The first-order chi connectivity index (χ1) is 6.77. The van der Waals surface area contributed by atoms with Gasteiger partial charge in [-0.2, -0.15) is 10.0 Å². The van der Waals surface area contributed by atoms with Crippen LogP contribution in [0.5, 0.6) is 5.75 Å². The number of rotatable bonds is 2. The Morgan fingerprint density at radius 3 is 2.50 bits per heavy atom. The molecule has 1 aromatic carbocycles. The molecule has 74 valence electrons. The molecule has 1 aromatic rings. The van der Waals surface area contributed by atoms with Gasteiger partial charge in [0.05, 0.1) is 5.55 Å². The number of phenols is 1. The van der Waals surface area contributed by atoms with Gasteiger partial charge in [-0.3, -0.25) is 4.99 Å². The minimum Gasteiger partial charge on any atom is -0.508 e. The van der Waals surface area contributed by atoms with Crippen LogP contribution in [-0.4, -0.2) is 16.4 Å². The molecule has 0 fully saturated rings. The van der Waals surface area contributed by atoms with Crippen LogP contribution in [-0.2, 0) is 0 Å². The summed E-state index contributed by atoms with van der Waals surface area (Å²) in [5, 5.41) is 11.4. The summed E-state index contributed by atoms with van der Waals surface area (Å²) in [6.07, 6.45) is 1.87. The van der Waals surface area contributed by atoms with Crippen molar-refractivity contribution >= 4 is 15.6 Å². The minimum atomic E-state index is -0.978. The molecule has 0 saturated carbocycles. The van der Waals surface area contributed by atoms with Crippen LogP contribution in [0.3, 0.4) is 0 Å². The molecule has 0 bridgehead atoms. The van der Waals surface area contributed by atoms with Crippen LogP contribution in [0.15, 0.2) is 45.8 Å². The average molecular weight is 207 g/mol. The monoisotopic (exact) mass is 207 g/mol. The van der Waals surface area contributed by atoms with Crippen LogP contribution in [0, 0.1) is 0 Å². The number of benzene rings is 1. The van der Waals surface area contributed by atoms with Gasteiger partial charge in [0.2, 0.25) is 0 Å². The normalized spacial score (nSPS) is 28.9. The van der Waals surface area contributed by atoms with E-state index in [2.05, 4.69) is 17.3 Å². The lowest BCUT2D eigenvalue weighted by Gasteiger charge is -2.28. The Bertz CT molecular complexity index is 369. The summed E-state index contributed by atoms with van der Waals surface area (Å²) in [6.45, 7) is 2.17. The van der Waals surface area contributed by atoms with Gasteiger partial charge in [-0.15, -0.1) is 0 Å². The zero-order valence-corrected chi connectivity index (χ0v) is 8.87. The van der Waals surface area contributed by atoms with Gasteiger partial charge in [0.15, 0.2) is 0 Å². The molecule has 1 aliphatic heterocycles. The third kappa shape index (κ3) is 1.44. The van der Waals surface area contributed by atoms with E-state index in [-0.39, 0.29) is 0 Å². The molecule has 0 aliphatic carbocycles. The summed E-state index contributed by atoms with van der Waals surface area (Å²) in [4.78, 5) is 5.44. The van der Waals surface area contributed by atoms with E-state index in [9.17, 15) is 5.11 Å². The van der Waals surface area contributed by atoms with Gasteiger partial charge in [0.1, 0.15) is 5.75 Å². The Labute approximate surface area is 85.3 Å². The smallest absolute Gasteiger partial charge is 0.115 e. The quantitative estimate of drug-likeness (QED) is 0.794. The first kappa shape index (κ1) is 9.34. The Morgan fingerprint density at radius 2 is 2.00 bits per heavy atom. The molecule has 1 aliphatic rings. The lowest BCUT2D eigenvalue weighted by atomic mass is 10.3. The zero-order valence-electron chi connectivity index (χ0n) is 8.05. The first-order valence-corrected chi connectivity index (χ1v) is 6.49. The molecule has 2 nitrogen and oxygen atoms in total. The number of aromatic hydroxyl groups is 1. The Hall–Kier alpha value is -1.22. The fourth-order valence-electron chi connectivity index (χ4n) is 1.50. The maximum atomic E-state index is 9.21. The highest BCUT2D eigenvalue weighted by Gasteiger charge is 2.21. The molecule has 0 amide bonds. The summed E-state index contributed by atoms with van der Waals surface area (Å²) in [7, 11) is -0.978. The van der Waals surface area contributed by atoms with Gasteiger partial charge in [-0.05, 0) is 40.3 Å². The van der Waals surface area contributed by atoms with Crippen molar-refractivity contribution in [2.24, 2.45) is 4.99 Å². The van der Waals surface area contributed by atoms with Crippen LogP contribution in [0.4, 0.5) is 0 Å². The Kier molecular flexibility index (Phi) is 2.33. The van der Waals surface area contributed by atoms with Gasteiger partial charge >= 0.3 is 0 Å². The highest BCUT2D eigenvalue weighted by atomic mass is 32.3. The average Bonchev–Trinajstić information content (AvgIpc) is 2.68. The highest BCUT2D eigenvalue weighted by Crippen LogP contribution is 2.56. The minimum absolute atomic E-state index is 0.318. The van der Waals surface area contributed by atoms with E-state index < -0.39 is 10.0 Å². The molecule has 1 heterocycles. The first-order valence-electron chi connectivity index (χ1n) is 4.57. The van der Waals surface area contributed by atoms with E-state index in [0.717, 1.165) is 5.75 Å². The number of hydrogen-bond donors (Lipinski definition) is 1. The van der Waals surface area contributed by atoms with Crippen LogP contribution < -0.4 is 0 Å². The summed E-state index contributed by atoms with van der Waals surface area (Å²) in [5.41, 5.74) is 2.04. The van der Waals surface area contributed by atoms with E-state index in [1.54, 1.807) is 12.1 Å². The number of hydrogen-bond acceptors (Lipinski definition) is 2. The van der Waals surface area contributed by atoms with E-state index in [0.29, 0.717) is 5.75 Å². The van der Waals surface area contributed by atoms with Crippen molar-refractivity contribution in [1.29, 1.82) is 0 Å². The molecular weight excluding hydrogens is 194 g/mol. The van der Waals surface area contributed by atoms with Crippen molar-refractivity contribution in [3.05, 3.63) is 35.9 Å². The SMILES string of the molecule is CCS1(c2ccc(O)cc2)C=CN=C1. The fraction of sp³-hybridized carbons (Fsp3) is 0.182. The predicted octanol–water partition coefficient (Wildman–Crippen LogP) is 3.09. The van der Waals surface area contributed by atoms with E-state index in [1.807, 2.05) is 23.9 Å².